The largest absolute Gasteiger partial charge is 0.366 e. The van der Waals surface area contributed by atoms with Gasteiger partial charge in [-0.25, -0.2) is 4.98 Å². The first-order chi connectivity index (χ1) is 14.4. The molecule has 4 rings (SSSR count). The maximum absolute atomic E-state index is 13.3. The second kappa shape index (κ2) is 7.97. The molecule has 0 saturated heterocycles. The van der Waals surface area contributed by atoms with Crippen LogP contribution in [0, 0.1) is 6.92 Å². The molecule has 0 atom stereocenters. The van der Waals surface area contributed by atoms with Gasteiger partial charge in [-0.15, -0.1) is 0 Å². The zero-order valence-electron chi connectivity index (χ0n) is 16.1. The number of nitrogens with two attached hydrogens (primary N) is 1. The molecule has 2 amide bonds. The maximum Gasteiger partial charge on any atom is 0.256 e. The third-order valence-electron chi connectivity index (χ3n) is 4.91. The van der Waals surface area contributed by atoms with Crippen LogP contribution in [-0.2, 0) is 0 Å². The number of nitrogens with zero attached hydrogens (tertiary/aromatic N) is 1. The van der Waals surface area contributed by atoms with E-state index < -0.39 is 5.91 Å². The molecule has 4 aromatic rings. The van der Waals surface area contributed by atoms with E-state index in [-0.39, 0.29) is 5.91 Å². The summed E-state index contributed by atoms with van der Waals surface area (Å²) in [4.78, 5) is 29.3. The molecule has 0 spiro atoms. The molecule has 0 bridgehead atoms. The van der Waals surface area contributed by atoms with Gasteiger partial charge in [0.2, 0.25) is 5.91 Å². The van der Waals surface area contributed by atoms with Crippen LogP contribution < -0.4 is 11.1 Å². The van der Waals surface area contributed by atoms with Crippen molar-refractivity contribution in [3.05, 3.63) is 94.5 Å². The van der Waals surface area contributed by atoms with E-state index in [0.29, 0.717) is 21.8 Å². The number of carbonyl (C=O) groups excluding carboxylic acids is 2. The number of nitrogens with one attached hydrogen (secondary N) is 1. The van der Waals surface area contributed by atoms with Crippen molar-refractivity contribution in [3.63, 3.8) is 0 Å². The van der Waals surface area contributed by atoms with Crippen LogP contribution in [0.2, 0.25) is 5.02 Å². The van der Waals surface area contributed by atoms with Crippen molar-refractivity contribution in [1.29, 1.82) is 0 Å². The van der Waals surface area contributed by atoms with E-state index in [2.05, 4.69) is 5.32 Å². The average molecular weight is 416 g/mol. The molecule has 0 radical (unpaired) electrons. The smallest absolute Gasteiger partial charge is 0.256 e. The fraction of sp³-hybridized carbons (Fsp3) is 0.0417. The Morgan fingerprint density at radius 3 is 2.27 bits per heavy atom. The number of primary amides is 1. The highest BCUT2D eigenvalue weighted by molar-refractivity contribution is 6.30. The molecule has 148 valence electrons. The van der Waals surface area contributed by atoms with Gasteiger partial charge in [0.05, 0.1) is 16.8 Å². The summed E-state index contributed by atoms with van der Waals surface area (Å²) in [6.07, 6.45) is 0. The van der Waals surface area contributed by atoms with Crippen molar-refractivity contribution in [3.8, 4) is 11.3 Å². The lowest BCUT2D eigenvalue weighted by Gasteiger charge is -2.15. The van der Waals surface area contributed by atoms with Gasteiger partial charge in [-0.3, -0.25) is 9.59 Å². The van der Waals surface area contributed by atoms with Crippen LogP contribution in [0.1, 0.15) is 26.3 Å². The van der Waals surface area contributed by atoms with Crippen molar-refractivity contribution < 1.29 is 9.59 Å². The van der Waals surface area contributed by atoms with Crippen LogP contribution >= 0.6 is 11.6 Å². The highest BCUT2D eigenvalue weighted by atomic mass is 35.5. The van der Waals surface area contributed by atoms with Gasteiger partial charge in [-0.2, -0.15) is 0 Å². The molecule has 0 aliphatic rings. The monoisotopic (exact) mass is 415 g/mol. The molecule has 0 fully saturated rings. The van der Waals surface area contributed by atoms with Gasteiger partial charge in [-0.05, 0) is 55.0 Å². The molecule has 0 unspecified atom stereocenters. The number of benzene rings is 3. The number of carbonyl (C=O) groups is 2. The fourth-order valence-electron chi connectivity index (χ4n) is 3.40. The summed E-state index contributed by atoms with van der Waals surface area (Å²) in [5.41, 5.74) is 9.86. The highest BCUT2D eigenvalue weighted by Gasteiger charge is 2.19. The lowest BCUT2D eigenvalue weighted by atomic mass is 9.97. The molecular formula is C24H18ClN3O2. The standard InChI is InChI=1S/C24H18ClN3O2/c1-14-21(24(30)27-18-12-8-16(9-13-18)23(26)29)19-4-2-3-5-20(19)28-22(14)15-6-10-17(25)11-7-15/h2-13H,1H3,(H2,26,29)(H,27,30). The predicted octanol–water partition coefficient (Wildman–Crippen LogP) is 5.21. The van der Waals surface area contributed by atoms with Crippen molar-refractivity contribution >= 4 is 40.0 Å². The van der Waals surface area contributed by atoms with E-state index in [1.807, 2.05) is 43.3 Å². The third-order valence-corrected chi connectivity index (χ3v) is 5.16. The molecule has 1 aromatic heterocycles. The minimum absolute atomic E-state index is 0.256. The summed E-state index contributed by atoms with van der Waals surface area (Å²) in [7, 11) is 0. The molecule has 0 saturated carbocycles. The van der Waals surface area contributed by atoms with Crippen molar-refractivity contribution in [2.45, 2.75) is 6.92 Å². The number of halogens is 1. The number of rotatable bonds is 4. The Labute approximate surface area is 178 Å². The van der Waals surface area contributed by atoms with E-state index >= 15 is 0 Å². The Bertz CT molecular complexity index is 1270. The average Bonchev–Trinajstić information content (AvgIpc) is 2.74. The highest BCUT2D eigenvalue weighted by Crippen LogP contribution is 2.31. The van der Waals surface area contributed by atoms with Crippen LogP contribution in [0.5, 0.6) is 0 Å². The van der Waals surface area contributed by atoms with Gasteiger partial charge in [-0.1, -0.05) is 41.9 Å². The molecule has 0 aliphatic carbocycles. The van der Waals surface area contributed by atoms with E-state index in [9.17, 15) is 9.59 Å². The third kappa shape index (κ3) is 3.75. The summed E-state index contributed by atoms with van der Waals surface area (Å²) in [6, 6.07) is 21.4. The van der Waals surface area contributed by atoms with Crippen LogP contribution in [0.15, 0.2) is 72.8 Å². The number of hydrogen-bond acceptors (Lipinski definition) is 3. The number of para-hydroxylation sites is 1. The summed E-state index contributed by atoms with van der Waals surface area (Å²) >= 11 is 6.02. The lowest BCUT2D eigenvalue weighted by Crippen LogP contribution is -2.16. The molecule has 3 aromatic carbocycles. The van der Waals surface area contributed by atoms with Gasteiger partial charge < -0.3 is 11.1 Å². The van der Waals surface area contributed by atoms with Crippen LogP contribution in [-0.4, -0.2) is 16.8 Å². The Hall–Kier alpha value is -3.70. The summed E-state index contributed by atoms with van der Waals surface area (Å²) in [5.74, 6) is -0.774. The molecule has 0 aliphatic heterocycles. The number of hydrogen-bond donors (Lipinski definition) is 2. The van der Waals surface area contributed by atoms with Gasteiger partial charge in [0, 0.05) is 27.2 Å². The number of anilines is 1. The second-order valence-corrected chi connectivity index (χ2v) is 7.32. The van der Waals surface area contributed by atoms with E-state index in [0.717, 1.165) is 27.7 Å². The van der Waals surface area contributed by atoms with Crippen molar-refractivity contribution in [2.24, 2.45) is 5.73 Å². The minimum Gasteiger partial charge on any atom is -0.366 e. The van der Waals surface area contributed by atoms with Crippen LogP contribution in [0.3, 0.4) is 0 Å². The Kier molecular flexibility index (Phi) is 5.21. The Balaban J connectivity index is 1.80. The first kappa shape index (κ1) is 19.6. The Morgan fingerprint density at radius 2 is 1.60 bits per heavy atom. The van der Waals surface area contributed by atoms with Crippen LogP contribution in [0.4, 0.5) is 5.69 Å². The predicted molar refractivity (Wildman–Crippen MR) is 120 cm³/mol. The lowest BCUT2D eigenvalue weighted by molar-refractivity contribution is 0.0998. The van der Waals surface area contributed by atoms with E-state index in [1.165, 1.54) is 0 Å². The Morgan fingerprint density at radius 1 is 0.933 bits per heavy atom. The first-order valence-electron chi connectivity index (χ1n) is 9.30. The number of pyridine rings is 1. The number of fused-ring (bicyclic) bond motifs is 1. The zero-order chi connectivity index (χ0) is 21.3. The fourth-order valence-corrected chi connectivity index (χ4v) is 3.53. The minimum atomic E-state index is -0.517. The van der Waals surface area contributed by atoms with Gasteiger partial charge in [0.25, 0.3) is 5.91 Å². The molecule has 5 nitrogen and oxygen atoms in total. The molecule has 1 heterocycles. The number of amides is 2. The first-order valence-corrected chi connectivity index (χ1v) is 9.68. The second-order valence-electron chi connectivity index (χ2n) is 6.88. The number of aromatic nitrogens is 1. The topological polar surface area (TPSA) is 85.1 Å². The van der Waals surface area contributed by atoms with E-state index in [4.69, 9.17) is 22.3 Å². The summed E-state index contributed by atoms with van der Waals surface area (Å²) in [6.45, 7) is 1.88. The molecular weight excluding hydrogens is 398 g/mol. The maximum atomic E-state index is 13.3. The SMILES string of the molecule is Cc1c(-c2ccc(Cl)cc2)nc2ccccc2c1C(=O)Nc1ccc(C(N)=O)cc1. The molecule has 30 heavy (non-hydrogen) atoms. The zero-order valence-corrected chi connectivity index (χ0v) is 16.9. The molecule has 6 heteroatoms. The summed E-state index contributed by atoms with van der Waals surface area (Å²) in [5, 5.41) is 4.30. The van der Waals surface area contributed by atoms with Crippen molar-refractivity contribution in [1.82, 2.24) is 4.98 Å². The van der Waals surface area contributed by atoms with Crippen LogP contribution in [0.25, 0.3) is 22.2 Å². The van der Waals surface area contributed by atoms with Gasteiger partial charge in [0.15, 0.2) is 0 Å². The summed E-state index contributed by atoms with van der Waals surface area (Å²) < 4.78 is 0. The van der Waals surface area contributed by atoms with E-state index in [1.54, 1.807) is 36.4 Å². The quantitative estimate of drug-likeness (QED) is 0.479. The van der Waals surface area contributed by atoms with Gasteiger partial charge >= 0.3 is 0 Å². The molecule has 3 N–H and O–H groups in total. The van der Waals surface area contributed by atoms with Crippen molar-refractivity contribution in [2.75, 3.05) is 5.32 Å². The van der Waals surface area contributed by atoms with Gasteiger partial charge in [0.1, 0.15) is 0 Å². The normalized spacial score (nSPS) is 10.7.